The van der Waals surface area contributed by atoms with Gasteiger partial charge in [0, 0.05) is 36.7 Å². The first kappa shape index (κ1) is 36.9. The molecular formula is C46H55N3O5. The molecule has 0 unspecified atom stereocenters. The van der Waals surface area contributed by atoms with Crippen LogP contribution < -0.4 is 10.6 Å². The van der Waals surface area contributed by atoms with E-state index < -0.39 is 12.4 Å². The number of carbonyl (C=O) groups is 1. The zero-order chi connectivity index (χ0) is 37.2. The number of carbonyl (C=O) groups excluding carboxylic acids is 1. The molecule has 284 valence electrons. The highest BCUT2D eigenvalue weighted by molar-refractivity contribution is 5.76. The summed E-state index contributed by atoms with van der Waals surface area (Å²) in [7, 11) is 2.03. The van der Waals surface area contributed by atoms with E-state index in [1.54, 1.807) is 0 Å². The number of aliphatic hydroxyl groups is 2. The van der Waals surface area contributed by atoms with Gasteiger partial charge in [0.1, 0.15) is 0 Å². The predicted octanol–water partition coefficient (Wildman–Crippen LogP) is 8.21. The second kappa shape index (κ2) is 16.0. The first-order chi connectivity index (χ1) is 26.2. The summed E-state index contributed by atoms with van der Waals surface area (Å²) in [6.07, 6.45) is 6.53. The zero-order valence-corrected chi connectivity index (χ0v) is 31.6. The Hall–Kier alpha value is -4.05. The van der Waals surface area contributed by atoms with Gasteiger partial charge in [-0.3, -0.25) is 4.90 Å². The molecule has 9 rings (SSSR count). The number of benzene rings is 4. The largest absolute Gasteiger partial charge is 0.392 e. The monoisotopic (exact) mass is 729 g/mol. The fourth-order valence-corrected chi connectivity index (χ4v) is 10.2. The van der Waals surface area contributed by atoms with Crippen LogP contribution in [0, 0.1) is 17.8 Å². The third kappa shape index (κ3) is 8.14. The summed E-state index contributed by atoms with van der Waals surface area (Å²) in [5.41, 5.74) is 6.90. The van der Waals surface area contributed by atoms with Crippen LogP contribution in [-0.2, 0) is 22.6 Å². The predicted molar refractivity (Wildman–Crippen MR) is 210 cm³/mol. The van der Waals surface area contributed by atoms with Gasteiger partial charge in [-0.25, -0.2) is 4.79 Å². The zero-order valence-electron chi connectivity index (χ0n) is 31.6. The van der Waals surface area contributed by atoms with E-state index in [4.69, 9.17) is 9.47 Å². The summed E-state index contributed by atoms with van der Waals surface area (Å²) in [6, 6.07) is 34.2. The van der Waals surface area contributed by atoms with Crippen molar-refractivity contribution in [2.24, 2.45) is 17.8 Å². The minimum absolute atomic E-state index is 0.00678. The van der Waals surface area contributed by atoms with E-state index >= 15 is 0 Å². The molecule has 4 aliphatic carbocycles. The normalized spacial score (nSPS) is 28.5. The van der Waals surface area contributed by atoms with Crippen molar-refractivity contribution < 1.29 is 24.5 Å². The molecule has 0 radical (unpaired) electrons. The molecule has 8 heteroatoms. The average Bonchev–Trinajstić information content (AvgIpc) is 3.19. The molecule has 5 atom stereocenters. The summed E-state index contributed by atoms with van der Waals surface area (Å²) in [5, 5.41) is 27.4. The molecule has 2 amide bonds. The van der Waals surface area contributed by atoms with Crippen LogP contribution in [0.25, 0.3) is 11.1 Å². The van der Waals surface area contributed by atoms with Gasteiger partial charge in [0.25, 0.3) is 0 Å². The van der Waals surface area contributed by atoms with Crippen LogP contribution in [-0.4, -0.2) is 52.4 Å². The second-order valence-corrected chi connectivity index (χ2v) is 16.7. The molecule has 4 N–H and O–H groups in total. The molecule has 4 saturated carbocycles. The maximum atomic E-state index is 13.3. The molecule has 4 aromatic carbocycles. The Morgan fingerprint density at radius 3 is 2.11 bits per heavy atom. The fourth-order valence-electron chi connectivity index (χ4n) is 10.2. The van der Waals surface area contributed by atoms with Crippen molar-refractivity contribution in [1.82, 2.24) is 15.5 Å². The summed E-state index contributed by atoms with van der Waals surface area (Å²) in [6.45, 7) is 3.11. The molecule has 4 aromatic rings. The van der Waals surface area contributed by atoms with Crippen molar-refractivity contribution in [2.45, 2.75) is 101 Å². The Morgan fingerprint density at radius 1 is 0.815 bits per heavy atom. The maximum Gasteiger partial charge on any atom is 0.315 e. The van der Waals surface area contributed by atoms with E-state index in [2.05, 4.69) is 51.9 Å². The molecule has 1 aliphatic heterocycles. The number of likely N-dealkylation sites (N-methyl/N-ethyl adjacent to an activating group) is 1. The number of hydrogen-bond acceptors (Lipinski definition) is 6. The summed E-state index contributed by atoms with van der Waals surface area (Å²) in [5.74, 6) is 2.34. The van der Waals surface area contributed by atoms with Crippen LogP contribution >= 0.6 is 0 Å². The number of nitrogens with zero attached hydrogens (tertiary/aromatic N) is 1. The average molecular weight is 730 g/mol. The lowest BCUT2D eigenvalue weighted by Crippen LogP contribution is -2.61. The Morgan fingerprint density at radius 2 is 1.44 bits per heavy atom. The Balaban J connectivity index is 0.951. The van der Waals surface area contributed by atoms with Crippen molar-refractivity contribution in [1.29, 1.82) is 0 Å². The number of rotatable bonds is 12. The third-order valence-electron chi connectivity index (χ3n) is 12.8. The summed E-state index contributed by atoms with van der Waals surface area (Å²) in [4.78, 5) is 15.4. The van der Waals surface area contributed by atoms with Crippen molar-refractivity contribution in [2.75, 3.05) is 13.6 Å². The number of nitrogens with one attached hydrogen (secondary N) is 2. The summed E-state index contributed by atoms with van der Waals surface area (Å²) >= 11 is 0. The van der Waals surface area contributed by atoms with Crippen molar-refractivity contribution >= 4 is 6.03 Å². The highest BCUT2D eigenvalue weighted by atomic mass is 16.7. The van der Waals surface area contributed by atoms with Gasteiger partial charge in [-0.1, -0.05) is 103 Å². The van der Waals surface area contributed by atoms with Crippen molar-refractivity contribution in [3.63, 3.8) is 0 Å². The van der Waals surface area contributed by atoms with E-state index in [0.29, 0.717) is 19.5 Å². The Labute approximate surface area is 319 Å². The number of hydrogen-bond donors (Lipinski definition) is 4. The van der Waals surface area contributed by atoms with Crippen molar-refractivity contribution in [3.05, 3.63) is 131 Å². The van der Waals surface area contributed by atoms with Crippen LogP contribution in [0.2, 0.25) is 0 Å². The minimum atomic E-state index is -0.629. The molecule has 5 aliphatic rings. The highest BCUT2D eigenvalue weighted by Gasteiger charge is 2.51. The van der Waals surface area contributed by atoms with Gasteiger partial charge in [-0.15, -0.1) is 0 Å². The lowest BCUT2D eigenvalue weighted by atomic mass is 9.53. The van der Waals surface area contributed by atoms with Gasteiger partial charge < -0.3 is 30.3 Å². The lowest BCUT2D eigenvalue weighted by molar-refractivity contribution is -0.253. The fraction of sp³-hybridized carbons (Fsp3) is 0.457. The number of amides is 2. The quantitative estimate of drug-likeness (QED) is 0.117. The number of urea groups is 1. The van der Waals surface area contributed by atoms with Crippen molar-refractivity contribution in [3.8, 4) is 11.1 Å². The van der Waals surface area contributed by atoms with Crippen LogP contribution in [0.4, 0.5) is 4.79 Å². The number of aliphatic hydroxyl groups excluding tert-OH is 2. The van der Waals surface area contributed by atoms with Gasteiger partial charge in [0.05, 0.1) is 24.9 Å². The SMILES string of the molecule is C[C@H]([C@@H](O)c1ccccc1)N(C)C[C@@H]1C[C@H](c2ccc(CO)cc2)O[C@H](c2ccc(-c3ccccc3CNC(=O)NC34CC5CC(CC(C5)C3)C4)cc2)O1. The van der Waals surface area contributed by atoms with Gasteiger partial charge in [0.15, 0.2) is 6.29 Å². The molecule has 1 saturated heterocycles. The molecular weight excluding hydrogens is 675 g/mol. The van der Waals surface area contributed by atoms with Crippen LogP contribution in [0.1, 0.15) is 98.2 Å². The maximum absolute atomic E-state index is 13.3. The molecule has 54 heavy (non-hydrogen) atoms. The Bertz CT molecular complexity index is 1830. The summed E-state index contributed by atoms with van der Waals surface area (Å²) < 4.78 is 13.3. The second-order valence-electron chi connectivity index (χ2n) is 16.7. The third-order valence-corrected chi connectivity index (χ3v) is 12.8. The van der Waals surface area contributed by atoms with Gasteiger partial charge >= 0.3 is 6.03 Å². The number of ether oxygens (including phenoxy) is 2. The smallest absolute Gasteiger partial charge is 0.315 e. The lowest BCUT2D eigenvalue weighted by Gasteiger charge is -2.56. The van der Waals surface area contributed by atoms with Gasteiger partial charge in [0.2, 0.25) is 0 Å². The first-order valence-corrected chi connectivity index (χ1v) is 19.9. The standard InChI is InChI=1S/C46H55N3O5/c1-30(43(51)37-8-4-3-5-9-37)49(2)28-40-23-42(36-14-12-31(29-50)13-15-36)54-44(53-40)38-18-16-35(17-19-38)41-11-7-6-10-39(41)27-47-45(52)48-46-24-32-20-33(25-46)22-34(21-32)26-46/h3-19,30,32-34,40,42-44,50-51H,20-29H2,1-2H3,(H2,47,48,52)/t30-,32?,33?,34?,40+,42-,43-,44-,46?/m1/s1. The first-order valence-electron chi connectivity index (χ1n) is 19.9. The molecule has 1 heterocycles. The highest BCUT2D eigenvalue weighted by Crippen LogP contribution is 2.55. The van der Waals surface area contributed by atoms with E-state index in [-0.39, 0.29) is 36.4 Å². The van der Waals surface area contributed by atoms with Crippen LogP contribution in [0.5, 0.6) is 0 Å². The topological polar surface area (TPSA) is 103 Å². The van der Waals surface area contributed by atoms with Crippen LogP contribution in [0.3, 0.4) is 0 Å². The molecule has 8 nitrogen and oxygen atoms in total. The van der Waals surface area contributed by atoms with E-state index in [9.17, 15) is 15.0 Å². The minimum Gasteiger partial charge on any atom is -0.392 e. The molecule has 0 aromatic heterocycles. The molecule has 5 fully saturated rings. The van der Waals surface area contributed by atoms with E-state index in [1.165, 1.54) is 19.3 Å². The van der Waals surface area contributed by atoms with Crippen LogP contribution in [0.15, 0.2) is 103 Å². The van der Waals surface area contributed by atoms with Gasteiger partial charge in [-0.2, -0.15) is 0 Å². The molecule has 4 bridgehead atoms. The Kier molecular flexibility index (Phi) is 10.9. The van der Waals surface area contributed by atoms with E-state index in [1.807, 2.05) is 80.7 Å². The molecule has 0 spiro atoms. The van der Waals surface area contributed by atoms with E-state index in [0.717, 1.165) is 76.0 Å². The van der Waals surface area contributed by atoms with Gasteiger partial charge in [-0.05, 0) is 104 Å².